The molecule has 0 aliphatic heterocycles. The molecule has 15 heavy (non-hydrogen) atoms. The van der Waals surface area contributed by atoms with Gasteiger partial charge >= 0.3 is 5.97 Å². The highest BCUT2D eigenvalue weighted by atomic mass is 35.5. The number of hydrogen-bond donors (Lipinski definition) is 2. The highest BCUT2D eigenvalue weighted by Gasteiger charge is 2.12. The molecule has 0 spiro atoms. The van der Waals surface area contributed by atoms with Crippen LogP contribution < -0.4 is 10.5 Å². The molecule has 0 saturated carbocycles. The summed E-state index contributed by atoms with van der Waals surface area (Å²) in [6.07, 6.45) is 0.249. The van der Waals surface area contributed by atoms with Gasteiger partial charge in [0.25, 0.3) is 0 Å². The van der Waals surface area contributed by atoms with Crippen LogP contribution in [0.2, 0.25) is 5.02 Å². The van der Waals surface area contributed by atoms with Crippen molar-refractivity contribution in [2.45, 2.75) is 12.5 Å². The second-order valence-electron chi connectivity index (χ2n) is 3.12. The van der Waals surface area contributed by atoms with Gasteiger partial charge in [0.1, 0.15) is 11.8 Å². The molecular formula is C10H12ClNO3. The van der Waals surface area contributed by atoms with E-state index in [1.807, 2.05) is 0 Å². The first-order valence-corrected chi connectivity index (χ1v) is 4.73. The lowest BCUT2D eigenvalue weighted by molar-refractivity contribution is -0.138. The molecule has 0 unspecified atom stereocenters. The first kappa shape index (κ1) is 11.8. The minimum atomic E-state index is -1.03. The number of ether oxygens (including phenoxy) is 1. The van der Waals surface area contributed by atoms with Crippen LogP contribution in [0.25, 0.3) is 0 Å². The highest BCUT2D eigenvalue weighted by Crippen LogP contribution is 2.25. The summed E-state index contributed by atoms with van der Waals surface area (Å²) in [4.78, 5) is 10.5. The van der Waals surface area contributed by atoms with Crippen molar-refractivity contribution >= 4 is 17.6 Å². The molecule has 5 heteroatoms. The number of carbonyl (C=O) groups is 1. The van der Waals surface area contributed by atoms with Crippen LogP contribution in [-0.4, -0.2) is 24.2 Å². The summed E-state index contributed by atoms with van der Waals surface area (Å²) < 4.78 is 4.97. The Hall–Kier alpha value is -1.26. The summed E-state index contributed by atoms with van der Waals surface area (Å²) in [6.45, 7) is 0. The number of benzene rings is 1. The molecule has 1 aromatic rings. The first-order chi connectivity index (χ1) is 7.04. The second kappa shape index (κ2) is 5.00. The average Bonchev–Trinajstić information content (AvgIpc) is 2.18. The van der Waals surface area contributed by atoms with E-state index in [2.05, 4.69) is 0 Å². The van der Waals surface area contributed by atoms with E-state index in [0.717, 1.165) is 5.56 Å². The number of methoxy groups -OCH3 is 1. The molecule has 0 radical (unpaired) electrons. The summed E-state index contributed by atoms with van der Waals surface area (Å²) in [5, 5.41) is 9.08. The Labute approximate surface area is 92.6 Å². The van der Waals surface area contributed by atoms with E-state index in [0.29, 0.717) is 10.8 Å². The molecule has 0 aromatic heterocycles. The zero-order valence-corrected chi connectivity index (χ0v) is 8.99. The molecule has 0 bridgehead atoms. The molecular weight excluding hydrogens is 218 g/mol. The lowest BCUT2D eigenvalue weighted by atomic mass is 10.1. The van der Waals surface area contributed by atoms with Gasteiger partial charge in [-0.25, -0.2) is 0 Å². The first-order valence-electron chi connectivity index (χ1n) is 4.35. The fraction of sp³-hybridized carbons (Fsp3) is 0.300. The van der Waals surface area contributed by atoms with E-state index in [-0.39, 0.29) is 6.42 Å². The van der Waals surface area contributed by atoms with Gasteiger partial charge < -0.3 is 15.6 Å². The van der Waals surface area contributed by atoms with E-state index in [4.69, 9.17) is 27.2 Å². The van der Waals surface area contributed by atoms with Crippen molar-refractivity contribution in [1.29, 1.82) is 0 Å². The van der Waals surface area contributed by atoms with Gasteiger partial charge in [-0.1, -0.05) is 17.7 Å². The minimum absolute atomic E-state index is 0.249. The van der Waals surface area contributed by atoms with Gasteiger partial charge in [0.05, 0.1) is 12.1 Å². The van der Waals surface area contributed by atoms with Crippen LogP contribution in [0.4, 0.5) is 0 Å². The molecule has 0 aliphatic rings. The van der Waals surface area contributed by atoms with Crippen molar-refractivity contribution in [2.24, 2.45) is 5.73 Å². The lowest BCUT2D eigenvalue weighted by Crippen LogP contribution is -2.32. The van der Waals surface area contributed by atoms with E-state index >= 15 is 0 Å². The van der Waals surface area contributed by atoms with E-state index < -0.39 is 12.0 Å². The van der Waals surface area contributed by atoms with Crippen LogP contribution in [0.5, 0.6) is 5.75 Å². The number of halogens is 1. The Morgan fingerprint density at radius 1 is 1.67 bits per heavy atom. The Bertz CT molecular complexity index is 368. The van der Waals surface area contributed by atoms with Crippen LogP contribution in [-0.2, 0) is 11.2 Å². The molecule has 0 heterocycles. The molecule has 1 rings (SSSR count). The number of carboxylic acids is 1. The Morgan fingerprint density at radius 2 is 2.33 bits per heavy atom. The minimum Gasteiger partial charge on any atom is -0.495 e. The zero-order chi connectivity index (χ0) is 11.4. The summed E-state index contributed by atoms with van der Waals surface area (Å²) in [6, 6.07) is 4.18. The Balaban J connectivity index is 2.79. The van der Waals surface area contributed by atoms with Crippen LogP contribution in [0, 0.1) is 0 Å². The fourth-order valence-electron chi connectivity index (χ4n) is 1.18. The second-order valence-corrected chi connectivity index (χ2v) is 3.52. The largest absolute Gasteiger partial charge is 0.495 e. The summed E-state index contributed by atoms with van der Waals surface area (Å²) in [5.74, 6) is -0.466. The Morgan fingerprint density at radius 3 is 2.80 bits per heavy atom. The van der Waals surface area contributed by atoms with Gasteiger partial charge in [-0.15, -0.1) is 0 Å². The quantitative estimate of drug-likeness (QED) is 0.817. The molecule has 82 valence electrons. The van der Waals surface area contributed by atoms with Crippen LogP contribution >= 0.6 is 11.6 Å². The maximum atomic E-state index is 10.5. The summed E-state index contributed by atoms with van der Waals surface area (Å²) in [7, 11) is 1.52. The number of rotatable bonds is 4. The molecule has 3 N–H and O–H groups in total. The molecule has 4 nitrogen and oxygen atoms in total. The lowest BCUT2D eigenvalue weighted by Gasteiger charge is -2.08. The smallest absolute Gasteiger partial charge is 0.320 e. The monoisotopic (exact) mass is 229 g/mol. The van der Waals surface area contributed by atoms with Crippen molar-refractivity contribution in [1.82, 2.24) is 0 Å². The van der Waals surface area contributed by atoms with Gasteiger partial charge in [0, 0.05) is 0 Å². The molecule has 0 fully saturated rings. The highest BCUT2D eigenvalue weighted by molar-refractivity contribution is 6.32. The standard InChI is InChI=1S/C10H12ClNO3/c1-15-9-3-2-6(4-7(9)11)5-8(12)10(13)14/h2-4,8H,5,12H2,1H3,(H,13,14)/t8-/m0/s1. The molecule has 1 aromatic carbocycles. The number of aliphatic carboxylic acids is 1. The normalized spacial score (nSPS) is 12.2. The predicted molar refractivity (Wildman–Crippen MR) is 57.3 cm³/mol. The van der Waals surface area contributed by atoms with E-state index in [1.165, 1.54) is 7.11 Å². The third-order valence-corrected chi connectivity index (χ3v) is 2.28. The average molecular weight is 230 g/mol. The molecule has 1 atom stereocenters. The van der Waals surface area contributed by atoms with Crippen LogP contribution in [0.1, 0.15) is 5.56 Å². The third-order valence-electron chi connectivity index (χ3n) is 1.99. The molecule has 0 amide bonds. The van der Waals surface area contributed by atoms with Crippen molar-refractivity contribution in [3.8, 4) is 5.75 Å². The fourth-order valence-corrected chi connectivity index (χ4v) is 1.46. The van der Waals surface area contributed by atoms with Crippen molar-refractivity contribution in [3.63, 3.8) is 0 Å². The number of hydrogen-bond acceptors (Lipinski definition) is 3. The topological polar surface area (TPSA) is 72.5 Å². The van der Waals surface area contributed by atoms with Gasteiger partial charge in [-0.3, -0.25) is 4.79 Å². The van der Waals surface area contributed by atoms with E-state index in [1.54, 1.807) is 18.2 Å². The predicted octanol–water partition coefficient (Wildman–Crippen LogP) is 1.30. The van der Waals surface area contributed by atoms with E-state index in [9.17, 15) is 4.79 Å². The maximum Gasteiger partial charge on any atom is 0.320 e. The number of carboxylic acid groups (broad SMARTS) is 1. The Kier molecular flexibility index (Phi) is 3.94. The van der Waals surface area contributed by atoms with Gasteiger partial charge in [0.15, 0.2) is 0 Å². The molecule has 0 saturated heterocycles. The number of nitrogens with two attached hydrogens (primary N) is 1. The zero-order valence-electron chi connectivity index (χ0n) is 8.24. The summed E-state index contributed by atoms with van der Waals surface area (Å²) in [5.41, 5.74) is 6.17. The maximum absolute atomic E-state index is 10.5. The van der Waals surface area contributed by atoms with Crippen LogP contribution in [0.15, 0.2) is 18.2 Å². The van der Waals surface area contributed by atoms with Gasteiger partial charge in [-0.2, -0.15) is 0 Å². The van der Waals surface area contributed by atoms with Gasteiger partial charge in [-0.05, 0) is 24.1 Å². The SMILES string of the molecule is COc1ccc(C[C@H](N)C(=O)O)cc1Cl. The van der Waals surface area contributed by atoms with Crippen molar-refractivity contribution in [3.05, 3.63) is 28.8 Å². The van der Waals surface area contributed by atoms with Crippen molar-refractivity contribution < 1.29 is 14.6 Å². The van der Waals surface area contributed by atoms with Gasteiger partial charge in [0.2, 0.25) is 0 Å². The van der Waals surface area contributed by atoms with Crippen LogP contribution in [0.3, 0.4) is 0 Å². The molecule has 0 aliphatic carbocycles. The third kappa shape index (κ3) is 3.11. The van der Waals surface area contributed by atoms with Crippen molar-refractivity contribution in [2.75, 3.05) is 7.11 Å². The summed E-state index contributed by atoms with van der Waals surface area (Å²) >= 11 is 5.88.